The molecular weight excluding hydrogens is 244 g/mol. The van der Waals surface area contributed by atoms with Gasteiger partial charge in [-0.2, -0.15) is 0 Å². The van der Waals surface area contributed by atoms with Gasteiger partial charge in [0.2, 0.25) is 0 Å². The highest BCUT2D eigenvalue weighted by Gasteiger charge is 2.17. The van der Waals surface area contributed by atoms with E-state index >= 15 is 0 Å². The van der Waals surface area contributed by atoms with E-state index in [0.717, 1.165) is 12.0 Å². The largest absolute Gasteiger partial charge is 0.496 e. The Hall–Kier alpha value is -2.43. The van der Waals surface area contributed by atoms with Crippen molar-refractivity contribution in [1.29, 1.82) is 0 Å². The summed E-state index contributed by atoms with van der Waals surface area (Å²) in [4.78, 5) is 19.1. The van der Waals surface area contributed by atoms with Gasteiger partial charge in [0, 0.05) is 11.8 Å². The third-order valence-corrected chi connectivity index (χ3v) is 2.87. The molecule has 1 heterocycles. The van der Waals surface area contributed by atoms with Crippen LogP contribution in [0.3, 0.4) is 0 Å². The summed E-state index contributed by atoms with van der Waals surface area (Å²) >= 11 is 0. The van der Waals surface area contributed by atoms with Crippen LogP contribution in [0.1, 0.15) is 22.8 Å². The summed E-state index contributed by atoms with van der Waals surface area (Å²) in [6.07, 6.45) is 3.48. The fourth-order valence-corrected chi connectivity index (χ4v) is 1.86. The summed E-state index contributed by atoms with van der Waals surface area (Å²) in [5.74, 6) is -0.460. The topological polar surface area (TPSA) is 72.3 Å². The second kappa shape index (κ2) is 5.48. The molecule has 5 heteroatoms. The Morgan fingerprint density at radius 1 is 1.42 bits per heavy atom. The molecule has 0 aliphatic rings. The zero-order valence-corrected chi connectivity index (χ0v) is 10.8. The molecule has 0 unspecified atom stereocenters. The molecule has 0 radical (unpaired) electrons. The van der Waals surface area contributed by atoms with E-state index < -0.39 is 5.97 Å². The van der Waals surface area contributed by atoms with Crippen LogP contribution in [0.2, 0.25) is 0 Å². The van der Waals surface area contributed by atoms with Gasteiger partial charge in [-0.3, -0.25) is 0 Å². The molecule has 0 bridgehead atoms. The van der Waals surface area contributed by atoms with Crippen molar-refractivity contribution < 1.29 is 14.6 Å². The van der Waals surface area contributed by atoms with E-state index in [4.69, 9.17) is 4.74 Å². The molecule has 0 amide bonds. The molecule has 0 aliphatic heterocycles. The molecule has 0 saturated heterocycles. The highest BCUT2D eigenvalue weighted by atomic mass is 16.5. The van der Waals surface area contributed by atoms with E-state index in [0.29, 0.717) is 17.0 Å². The Morgan fingerprint density at radius 2 is 2.21 bits per heavy atom. The highest BCUT2D eigenvalue weighted by molar-refractivity contribution is 5.95. The second-order valence-electron chi connectivity index (χ2n) is 3.98. The molecule has 1 aromatic carbocycles. The Kier molecular flexibility index (Phi) is 3.75. The zero-order valence-electron chi connectivity index (χ0n) is 10.8. The van der Waals surface area contributed by atoms with Crippen molar-refractivity contribution in [3.8, 4) is 17.0 Å². The molecule has 0 aliphatic carbocycles. The maximum Gasteiger partial charge on any atom is 0.339 e. The van der Waals surface area contributed by atoms with E-state index in [1.807, 2.05) is 25.1 Å². The molecule has 0 atom stereocenters. The van der Waals surface area contributed by atoms with E-state index in [1.54, 1.807) is 7.11 Å². The van der Waals surface area contributed by atoms with Crippen LogP contribution in [0.4, 0.5) is 0 Å². The predicted molar refractivity (Wildman–Crippen MR) is 70.4 cm³/mol. The average Bonchev–Trinajstić information content (AvgIpc) is 2.46. The van der Waals surface area contributed by atoms with E-state index in [-0.39, 0.29) is 5.56 Å². The summed E-state index contributed by atoms with van der Waals surface area (Å²) < 4.78 is 5.28. The van der Waals surface area contributed by atoms with Gasteiger partial charge in [-0.05, 0) is 24.1 Å². The molecule has 2 rings (SSSR count). The van der Waals surface area contributed by atoms with Crippen molar-refractivity contribution in [3.05, 3.63) is 41.9 Å². The fourth-order valence-electron chi connectivity index (χ4n) is 1.86. The van der Waals surface area contributed by atoms with Gasteiger partial charge in [-0.25, -0.2) is 14.8 Å². The minimum Gasteiger partial charge on any atom is -0.496 e. The van der Waals surface area contributed by atoms with Crippen LogP contribution in [0.5, 0.6) is 5.75 Å². The molecule has 98 valence electrons. The van der Waals surface area contributed by atoms with Crippen molar-refractivity contribution in [2.24, 2.45) is 0 Å². The first-order valence-corrected chi connectivity index (χ1v) is 5.88. The molecule has 1 aromatic heterocycles. The lowest BCUT2D eigenvalue weighted by molar-refractivity contribution is 0.0697. The first-order chi connectivity index (χ1) is 9.17. The average molecular weight is 258 g/mol. The second-order valence-corrected chi connectivity index (χ2v) is 3.98. The maximum atomic E-state index is 11.2. The lowest BCUT2D eigenvalue weighted by Gasteiger charge is -2.11. The number of carboxylic acid groups (broad SMARTS) is 1. The van der Waals surface area contributed by atoms with Crippen molar-refractivity contribution in [1.82, 2.24) is 9.97 Å². The molecule has 2 aromatic rings. The third kappa shape index (κ3) is 2.54. The first kappa shape index (κ1) is 13.0. The molecule has 5 nitrogen and oxygen atoms in total. The van der Waals surface area contributed by atoms with Gasteiger partial charge in [0.15, 0.2) is 0 Å². The van der Waals surface area contributed by atoms with Crippen molar-refractivity contribution >= 4 is 5.97 Å². The number of ether oxygens (including phenoxy) is 1. The van der Waals surface area contributed by atoms with Crippen molar-refractivity contribution in [2.75, 3.05) is 7.11 Å². The minimum atomic E-state index is -1.06. The van der Waals surface area contributed by atoms with E-state index in [2.05, 4.69) is 9.97 Å². The SMILES string of the molecule is CCc1ccc(OC)c(-c2ncncc2C(=O)O)c1. The van der Waals surface area contributed by atoms with Gasteiger partial charge in [0.05, 0.1) is 12.8 Å². The Morgan fingerprint density at radius 3 is 2.84 bits per heavy atom. The molecule has 0 fully saturated rings. The van der Waals surface area contributed by atoms with Crippen LogP contribution in [0, 0.1) is 0 Å². The number of nitrogens with zero attached hydrogens (tertiary/aromatic N) is 2. The zero-order chi connectivity index (χ0) is 13.8. The van der Waals surface area contributed by atoms with Gasteiger partial charge >= 0.3 is 5.97 Å². The third-order valence-electron chi connectivity index (χ3n) is 2.87. The van der Waals surface area contributed by atoms with Gasteiger partial charge in [0.1, 0.15) is 17.6 Å². The number of hydrogen-bond donors (Lipinski definition) is 1. The molecular formula is C14H14N2O3. The number of methoxy groups -OCH3 is 1. The van der Waals surface area contributed by atoms with Crippen LogP contribution in [-0.4, -0.2) is 28.2 Å². The smallest absolute Gasteiger partial charge is 0.339 e. The summed E-state index contributed by atoms with van der Waals surface area (Å²) in [5.41, 5.74) is 2.19. The normalized spacial score (nSPS) is 10.2. The Bertz CT molecular complexity index is 611. The van der Waals surface area contributed by atoms with Crippen LogP contribution >= 0.6 is 0 Å². The lowest BCUT2D eigenvalue weighted by Crippen LogP contribution is -2.03. The summed E-state index contributed by atoms with van der Waals surface area (Å²) in [6, 6.07) is 5.67. The monoisotopic (exact) mass is 258 g/mol. The predicted octanol–water partition coefficient (Wildman–Crippen LogP) is 2.41. The Labute approximate surface area is 110 Å². The number of carboxylic acids is 1. The summed E-state index contributed by atoms with van der Waals surface area (Å²) in [7, 11) is 1.55. The van der Waals surface area contributed by atoms with Gasteiger partial charge in [-0.15, -0.1) is 0 Å². The molecule has 19 heavy (non-hydrogen) atoms. The number of aryl methyl sites for hydroxylation is 1. The lowest BCUT2D eigenvalue weighted by atomic mass is 10.0. The van der Waals surface area contributed by atoms with Gasteiger partial charge in [0.25, 0.3) is 0 Å². The maximum absolute atomic E-state index is 11.2. The van der Waals surface area contributed by atoms with E-state index in [9.17, 15) is 9.90 Å². The molecule has 1 N–H and O–H groups in total. The quantitative estimate of drug-likeness (QED) is 0.911. The van der Waals surface area contributed by atoms with Crippen LogP contribution in [0.15, 0.2) is 30.7 Å². The summed E-state index contributed by atoms with van der Waals surface area (Å²) in [5, 5.41) is 9.20. The number of benzene rings is 1. The Balaban J connectivity index is 2.66. The first-order valence-electron chi connectivity index (χ1n) is 5.88. The van der Waals surface area contributed by atoms with Crippen LogP contribution < -0.4 is 4.74 Å². The van der Waals surface area contributed by atoms with Crippen molar-refractivity contribution in [2.45, 2.75) is 13.3 Å². The van der Waals surface area contributed by atoms with Crippen LogP contribution in [-0.2, 0) is 6.42 Å². The number of aromatic nitrogens is 2. The molecule has 0 saturated carbocycles. The number of carbonyl (C=O) groups is 1. The molecule has 0 spiro atoms. The standard InChI is InChI=1S/C14H14N2O3/c1-3-9-4-5-12(19-2)10(6-9)13-11(14(17)18)7-15-8-16-13/h4-8H,3H2,1-2H3,(H,17,18). The van der Waals surface area contributed by atoms with Crippen molar-refractivity contribution in [3.63, 3.8) is 0 Å². The van der Waals surface area contributed by atoms with E-state index in [1.165, 1.54) is 12.5 Å². The number of hydrogen-bond acceptors (Lipinski definition) is 4. The summed E-state index contributed by atoms with van der Waals surface area (Å²) in [6.45, 7) is 2.03. The highest BCUT2D eigenvalue weighted by Crippen LogP contribution is 2.31. The van der Waals surface area contributed by atoms with Gasteiger partial charge in [-0.1, -0.05) is 13.0 Å². The number of rotatable bonds is 4. The minimum absolute atomic E-state index is 0.0639. The van der Waals surface area contributed by atoms with Crippen LogP contribution in [0.25, 0.3) is 11.3 Å². The van der Waals surface area contributed by atoms with Gasteiger partial charge < -0.3 is 9.84 Å². The number of aromatic carboxylic acids is 1. The fraction of sp³-hybridized carbons (Fsp3) is 0.214.